The summed E-state index contributed by atoms with van der Waals surface area (Å²) in [7, 11) is 0. The van der Waals surface area contributed by atoms with Gasteiger partial charge < -0.3 is 31.8 Å². The zero-order valence-electron chi connectivity index (χ0n) is 16.6. The van der Waals surface area contributed by atoms with E-state index in [-0.39, 0.29) is 5.41 Å². The molecule has 10 heteroatoms. The van der Waals surface area contributed by atoms with Gasteiger partial charge in [0.05, 0.1) is 0 Å². The van der Waals surface area contributed by atoms with E-state index in [1.807, 2.05) is 27.6 Å². The van der Waals surface area contributed by atoms with E-state index < -0.39 is 0 Å². The van der Waals surface area contributed by atoms with Gasteiger partial charge in [0.2, 0.25) is 6.41 Å². The number of rotatable bonds is 3. The van der Waals surface area contributed by atoms with Gasteiger partial charge in [-0.1, -0.05) is 37.9 Å². The zero-order chi connectivity index (χ0) is 22.2. The molecule has 0 saturated carbocycles. The van der Waals surface area contributed by atoms with Crippen molar-refractivity contribution in [3.63, 3.8) is 0 Å². The van der Waals surface area contributed by atoms with Crippen molar-refractivity contribution in [2.75, 3.05) is 16.8 Å². The lowest BCUT2D eigenvalue weighted by Crippen LogP contribution is -2.09. The number of nitrogen functional groups attached to an aromatic ring is 2. The second kappa shape index (κ2) is 15.1. The third-order valence-electron chi connectivity index (χ3n) is 2.66. The van der Waals surface area contributed by atoms with E-state index in [1.165, 1.54) is 0 Å². The Hall–Kier alpha value is -2.98. The van der Waals surface area contributed by atoms with E-state index >= 15 is 0 Å². The Morgan fingerprint density at radius 2 is 1.75 bits per heavy atom. The standard InChI is InChI=1S/C7H12N2O.C7H8N2O.C3H8N2S.CH2O/c1-7(2,3)5-4-6(8)9-10-5;8-6-1-3-7(4-2-6)9-5-10;1-3(4)2-6-5;1-2/h4H,1-3H3,(H2,8,9);1-5H,8H2,(H,9,10);2H,4-5H2,1H3;1H2/b;;3-2-;. The first kappa shape index (κ1) is 27.2. The highest BCUT2D eigenvalue weighted by Gasteiger charge is 2.18. The van der Waals surface area contributed by atoms with Crippen LogP contribution in [0.3, 0.4) is 0 Å². The molecule has 0 spiro atoms. The lowest BCUT2D eigenvalue weighted by Gasteiger charge is -2.11. The molecule has 0 bridgehead atoms. The number of hydrogen-bond donors (Lipinski definition) is 5. The number of nitrogens with one attached hydrogen (secondary N) is 1. The topological polar surface area (TPSA) is 176 Å². The maximum Gasteiger partial charge on any atom is 0.211 e. The van der Waals surface area contributed by atoms with Crippen LogP contribution in [0.5, 0.6) is 0 Å². The molecule has 0 fully saturated rings. The van der Waals surface area contributed by atoms with Crippen LogP contribution in [0.15, 0.2) is 46.0 Å². The van der Waals surface area contributed by atoms with Gasteiger partial charge in [-0.3, -0.25) is 9.93 Å². The van der Waals surface area contributed by atoms with Gasteiger partial charge in [0, 0.05) is 34.0 Å². The molecular formula is C18H30N6O3S. The second-order valence-electron chi connectivity index (χ2n) is 6.25. The molecule has 2 rings (SSSR count). The Balaban J connectivity index is 0. The highest BCUT2D eigenvalue weighted by atomic mass is 32.2. The largest absolute Gasteiger partial charge is 0.402 e. The normalized spacial score (nSPS) is 10.1. The first-order valence-electron chi connectivity index (χ1n) is 7.95. The second-order valence-corrected chi connectivity index (χ2v) is 6.76. The molecule has 9 nitrogen and oxygen atoms in total. The van der Waals surface area contributed by atoms with Gasteiger partial charge in [-0.2, -0.15) is 0 Å². The molecule has 156 valence electrons. The number of amides is 1. The van der Waals surface area contributed by atoms with E-state index in [0.29, 0.717) is 17.9 Å². The molecule has 0 radical (unpaired) electrons. The quantitative estimate of drug-likeness (QED) is 0.289. The summed E-state index contributed by atoms with van der Waals surface area (Å²) >= 11 is 1.12. The molecule has 28 heavy (non-hydrogen) atoms. The van der Waals surface area contributed by atoms with Crippen molar-refractivity contribution in [3.05, 3.63) is 47.2 Å². The molecule has 0 unspecified atom stereocenters. The predicted molar refractivity (Wildman–Crippen MR) is 117 cm³/mol. The molecule has 0 atom stereocenters. The molecule has 1 heterocycles. The maximum absolute atomic E-state index is 9.92. The molecule has 0 aliphatic heterocycles. The number of carbonyl (C=O) groups is 2. The fourth-order valence-electron chi connectivity index (χ4n) is 1.40. The highest BCUT2D eigenvalue weighted by molar-refractivity contribution is 7.99. The van der Waals surface area contributed by atoms with Crippen LogP contribution in [0, 0.1) is 0 Å². The van der Waals surface area contributed by atoms with Crippen LogP contribution in [-0.2, 0) is 15.0 Å². The predicted octanol–water partition coefficient (Wildman–Crippen LogP) is 2.62. The van der Waals surface area contributed by atoms with Crippen molar-refractivity contribution >= 4 is 42.3 Å². The number of allylic oxidation sites excluding steroid dienone is 1. The Morgan fingerprint density at radius 1 is 1.21 bits per heavy atom. The van der Waals surface area contributed by atoms with E-state index in [9.17, 15) is 4.79 Å². The van der Waals surface area contributed by atoms with Crippen molar-refractivity contribution in [2.24, 2.45) is 10.9 Å². The Bertz CT molecular complexity index is 692. The molecule has 9 N–H and O–H groups in total. The summed E-state index contributed by atoms with van der Waals surface area (Å²) in [5.74, 6) is 1.27. The molecule has 0 aliphatic carbocycles. The molecule has 1 aromatic heterocycles. The van der Waals surface area contributed by atoms with E-state index in [2.05, 4.69) is 10.5 Å². The van der Waals surface area contributed by atoms with Crippen LogP contribution in [0.2, 0.25) is 0 Å². The van der Waals surface area contributed by atoms with Crippen LogP contribution >= 0.6 is 11.9 Å². The summed E-state index contributed by atoms with van der Waals surface area (Å²) in [4.78, 5) is 17.9. The Kier molecular flexibility index (Phi) is 14.7. The first-order valence-corrected chi connectivity index (χ1v) is 8.89. The average Bonchev–Trinajstić information content (AvgIpc) is 3.07. The van der Waals surface area contributed by atoms with Gasteiger partial charge in [0.1, 0.15) is 12.5 Å². The third kappa shape index (κ3) is 14.2. The summed E-state index contributed by atoms with van der Waals surface area (Å²) in [6.07, 6.45) is 0.630. The number of nitrogens with zero attached hydrogens (tertiary/aromatic N) is 1. The first-order chi connectivity index (χ1) is 13.1. The minimum Gasteiger partial charge on any atom is -0.402 e. The molecule has 1 amide bonds. The van der Waals surface area contributed by atoms with Crippen molar-refractivity contribution < 1.29 is 14.1 Å². The number of carbonyl (C=O) groups excluding carboxylic acids is 2. The zero-order valence-corrected chi connectivity index (χ0v) is 17.5. The summed E-state index contributed by atoms with van der Waals surface area (Å²) in [6, 6.07) is 8.69. The van der Waals surface area contributed by atoms with Crippen LogP contribution < -0.4 is 27.7 Å². The summed E-state index contributed by atoms with van der Waals surface area (Å²) in [5.41, 5.74) is 18.1. The number of benzene rings is 1. The van der Waals surface area contributed by atoms with Gasteiger partial charge in [-0.25, -0.2) is 0 Å². The fraction of sp³-hybridized carbons (Fsp3) is 0.278. The molecule has 0 aliphatic rings. The molecular weight excluding hydrogens is 380 g/mol. The van der Waals surface area contributed by atoms with Crippen molar-refractivity contribution in [3.8, 4) is 0 Å². The van der Waals surface area contributed by atoms with Gasteiger partial charge in [0.25, 0.3) is 0 Å². The minimum absolute atomic E-state index is 0.00458. The Morgan fingerprint density at radius 3 is 2.00 bits per heavy atom. The third-order valence-corrected chi connectivity index (χ3v) is 3.17. The van der Waals surface area contributed by atoms with Crippen molar-refractivity contribution in [2.45, 2.75) is 33.1 Å². The lowest BCUT2D eigenvalue weighted by molar-refractivity contribution is -0.105. The molecule has 2 aromatic rings. The lowest BCUT2D eigenvalue weighted by atomic mass is 9.93. The Labute approximate surface area is 170 Å². The average molecular weight is 411 g/mol. The van der Waals surface area contributed by atoms with E-state index in [4.69, 9.17) is 31.7 Å². The SMILES string of the molecule is C/C(N)=C/SN.C=O.CC(C)(C)c1cc(N)no1.Nc1ccc(NC=O)cc1. The number of hydrogen-bond acceptors (Lipinski definition) is 9. The smallest absolute Gasteiger partial charge is 0.211 e. The number of aromatic nitrogens is 1. The van der Waals surface area contributed by atoms with Gasteiger partial charge in [0.15, 0.2) is 5.82 Å². The fourth-order valence-corrected chi connectivity index (χ4v) is 1.61. The van der Waals surface area contributed by atoms with Crippen LogP contribution in [-0.4, -0.2) is 18.4 Å². The van der Waals surface area contributed by atoms with Crippen LogP contribution in [0.4, 0.5) is 17.2 Å². The highest BCUT2D eigenvalue weighted by Crippen LogP contribution is 2.22. The number of anilines is 3. The van der Waals surface area contributed by atoms with Crippen LogP contribution in [0.1, 0.15) is 33.5 Å². The van der Waals surface area contributed by atoms with Crippen LogP contribution in [0.25, 0.3) is 0 Å². The van der Waals surface area contributed by atoms with Gasteiger partial charge in [-0.15, -0.1) is 0 Å². The minimum atomic E-state index is 0.00458. The monoisotopic (exact) mass is 410 g/mol. The summed E-state index contributed by atoms with van der Waals surface area (Å²) in [5, 5.41) is 12.8. The van der Waals surface area contributed by atoms with Crippen molar-refractivity contribution in [1.82, 2.24) is 5.16 Å². The maximum atomic E-state index is 9.92. The van der Waals surface area contributed by atoms with Crippen molar-refractivity contribution in [1.29, 1.82) is 0 Å². The van der Waals surface area contributed by atoms with Gasteiger partial charge >= 0.3 is 0 Å². The summed E-state index contributed by atoms with van der Waals surface area (Å²) in [6.45, 7) is 9.94. The molecule has 1 aromatic carbocycles. The van der Waals surface area contributed by atoms with E-state index in [0.717, 1.165) is 29.1 Å². The summed E-state index contributed by atoms with van der Waals surface area (Å²) < 4.78 is 4.95. The van der Waals surface area contributed by atoms with E-state index in [1.54, 1.807) is 42.7 Å². The van der Waals surface area contributed by atoms with Gasteiger partial charge in [-0.05, 0) is 31.2 Å². The molecule has 0 saturated heterocycles. The number of nitrogens with two attached hydrogens (primary N) is 4.